The molecule has 2 aliphatic rings. The maximum Gasteiger partial charge on any atom is 0.339 e. The van der Waals surface area contributed by atoms with Gasteiger partial charge in [0, 0.05) is 36.1 Å². The van der Waals surface area contributed by atoms with E-state index in [9.17, 15) is 39.0 Å². The fourth-order valence-electron chi connectivity index (χ4n) is 6.12. The van der Waals surface area contributed by atoms with Gasteiger partial charge in [-0.2, -0.15) is 0 Å². The van der Waals surface area contributed by atoms with Crippen molar-refractivity contribution in [1.29, 1.82) is 0 Å². The van der Waals surface area contributed by atoms with E-state index in [0.717, 1.165) is 27.9 Å². The van der Waals surface area contributed by atoms with E-state index in [1.807, 2.05) is 0 Å². The Morgan fingerprint density at radius 1 is 0.822 bits per heavy atom. The zero-order valence-corrected chi connectivity index (χ0v) is 25.8. The molecular formula is C31H32O14. The van der Waals surface area contributed by atoms with E-state index in [2.05, 4.69) is 0 Å². The van der Waals surface area contributed by atoms with E-state index < -0.39 is 82.0 Å². The first-order chi connectivity index (χ1) is 21.1. The standard InChI is InChI=1S/C31H32O14/c1-11-18-21(25(36)20-17(41-7)10-9-16(40-6)19(20)24(18)35)22(23(30(37)38)26(11)42-8)28-31(39,13(3)32)29(45-15(5)34)27(12(2)43-28)44-14(4)33/h9-10,12,27-29,39H,1-8H3,(H,37,38)/t12-,27+,28?,29+,31+/m1/s1. The van der Waals surface area contributed by atoms with Gasteiger partial charge in [-0.1, -0.05) is 0 Å². The number of esters is 2. The molecule has 1 heterocycles. The Morgan fingerprint density at radius 3 is 1.76 bits per heavy atom. The van der Waals surface area contributed by atoms with Crippen molar-refractivity contribution in [3.8, 4) is 17.2 Å². The van der Waals surface area contributed by atoms with Crippen molar-refractivity contribution in [1.82, 2.24) is 0 Å². The molecule has 1 saturated heterocycles. The lowest BCUT2D eigenvalue weighted by Crippen LogP contribution is -2.67. The van der Waals surface area contributed by atoms with Gasteiger partial charge in [-0.3, -0.25) is 24.0 Å². The first kappa shape index (κ1) is 33.1. The molecule has 0 saturated carbocycles. The van der Waals surface area contributed by atoms with Gasteiger partial charge in [0.15, 0.2) is 35.2 Å². The molecule has 14 heteroatoms. The van der Waals surface area contributed by atoms with E-state index in [1.165, 1.54) is 40.2 Å². The average molecular weight is 629 g/mol. The third-order valence-corrected chi connectivity index (χ3v) is 7.99. The topological polar surface area (TPSA) is 198 Å². The highest BCUT2D eigenvalue weighted by molar-refractivity contribution is 6.32. The number of carboxylic acid groups (broad SMARTS) is 1. The molecule has 1 unspecified atom stereocenters. The molecule has 2 aromatic rings. The molecule has 45 heavy (non-hydrogen) atoms. The molecule has 0 bridgehead atoms. The van der Waals surface area contributed by atoms with Gasteiger partial charge in [-0.25, -0.2) is 4.79 Å². The maximum atomic E-state index is 14.5. The summed E-state index contributed by atoms with van der Waals surface area (Å²) in [4.78, 5) is 79.4. The normalized spacial score (nSPS) is 23.8. The number of rotatable bonds is 8. The molecule has 0 amide bonds. The molecule has 5 atom stereocenters. The third kappa shape index (κ3) is 4.99. The van der Waals surface area contributed by atoms with Crippen LogP contribution in [0.25, 0.3) is 0 Å². The molecule has 2 aromatic carbocycles. The number of ether oxygens (including phenoxy) is 6. The lowest BCUT2D eigenvalue weighted by atomic mass is 9.70. The van der Waals surface area contributed by atoms with Crippen LogP contribution in [0.2, 0.25) is 0 Å². The Kier molecular flexibility index (Phi) is 8.77. The zero-order chi connectivity index (χ0) is 33.7. The van der Waals surface area contributed by atoms with E-state index in [-0.39, 0.29) is 39.5 Å². The molecule has 0 radical (unpaired) electrons. The maximum absolute atomic E-state index is 14.5. The summed E-state index contributed by atoms with van der Waals surface area (Å²) < 4.78 is 32.9. The van der Waals surface area contributed by atoms with Crippen molar-refractivity contribution in [3.63, 3.8) is 0 Å². The Labute approximate surface area is 257 Å². The second kappa shape index (κ2) is 11.9. The molecule has 1 aliphatic carbocycles. The fraction of sp³-hybridized carbons (Fsp3) is 0.419. The highest BCUT2D eigenvalue weighted by Gasteiger charge is 2.63. The smallest absolute Gasteiger partial charge is 0.339 e. The molecule has 0 aromatic heterocycles. The highest BCUT2D eigenvalue weighted by Crippen LogP contribution is 2.51. The van der Waals surface area contributed by atoms with Crippen LogP contribution in [0.3, 0.4) is 0 Å². The molecule has 1 fully saturated rings. The second-order valence-corrected chi connectivity index (χ2v) is 10.6. The van der Waals surface area contributed by atoms with Gasteiger partial charge in [-0.15, -0.1) is 0 Å². The van der Waals surface area contributed by atoms with Crippen LogP contribution in [0.15, 0.2) is 12.1 Å². The Morgan fingerprint density at radius 2 is 1.33 bits per heavy atom. The second-order valence-electron chi connectivity index (χ2n) is 10.6. The van der Waals surface area contributed by atoms with Crippen LogP contribution in [0, 0.1) is 6.92 Å². The summed E-state index contributed by atoms with van der Waals surface area (Å²) in [6.07, 6.45) is -6.82. The van der Waals surface area contributed by atoms with Crippen LogP contribution in [0.4, 0.5) is 0 Å². The van der Waals surface area contributed by atoms with E-state index >= 15 is 0 Å². The van der Waals surface area contributed by atoms with Gasteiger partial charge in [0.2, 0.25) is 0 Å². The first-order valence-corrected chi connectivity index (χ1v) is 13.6. The summed E-state index contributed by atoms with van der Waals surface area (Å²) in [5.41, 5.74) is -5.54. The number of Topliss-reactive ketones (excluding diaryl/α,β-unsaturated/α-hetero) is 1. The van der Waals surface area contributed by atoms with Gasteiger partial charge >= 0.3 is 17.9 Å². The quantitative estimate of drug-likeness (QED) is 0.344. The molecular weight excluding hydrogens is 596 g/mol. The van der Waals surface area contributed by atoms with Crippen LogP contribution in [-0.4, -0.2) is 90.7 Å². The van der Waals surface area contributed by atoms with Gasteiger partial charge in [0.05, 0.1) is 38.6 Å². The third-order valence-electron chi connectivity index (χ3n) is 7.99. The number of aromatic carboxylic acids is 1. The Balaban J connectivity index is 2.21. The number of benzene rings is 2. The zero-order valence-electron chi connectivity index (χ0n) is 25.8. The minimum Gasteiger partial charge on any atom is -0.496 e. The largest absolute Gasteiger partial charge is 0.496 e. The Hall–Kier alpha value is -4.82. The predicted octanol–water partition coefficient (Wildman–Crippen LogP) is 2.14. The summed E-state index contributed by atoms with van der Waals surface area (Å²) in [5, 5.41) is 22.7. The lowest BCUT2D eigenvalue weighted by Gasteiger charge is -2.49. The molecule has 4 rings (SSSR count). The molecule has 14 nitrogen and oxygen atoms in total. The average Bonchev–Trinajstić information content (AvgIpc) is 2.97. The number of methoxy groups -OCH3 is 3. The van der Waals surface area contributed by atoms with Crippen LogP contribution >= 0.6 is 0 Å². The molecule has 240 valence electrons. The van der Waals surface area contributed by atoms with E-state index in [1.54, 1.807) is 0 Å². The fourth-order valence-corrected chi connectivity index (χ4v) is 6.12. The number of fused-ring (bicyclic) bond motifs is 2. The number of carbonyl (C=O) groups excluding carboxylic acids is 5. The number of hydrogen-bond donors (Lipinski definition) is 2. The van der Waals surface area contributed by atoms with Crippen molar-refractivity contribution < 1.29 is 67.4 Å². The van der Waals surface area contributed by atoms with Crippen molar-refractivity contribution in [2.75, 3.05) is 21.3 Å². The van der Waals surface area contributed by atoms with Crippen LogP contribution in [0.5, 0.6) is 17.2 Å². The van der Waals surface area contributed by atoms with Crippen molar-refractivity contribution in [2.45, 2.75) is 64.6 Å². The van der Waals surface area contributed by atoms with Gasteiger partial charge in [0.1, 0.15) is 28.9 Å². The molecule has 1 aliphatic heterocycles. The number of carboxylic acids is 1. The van der Waals surface area contributed by atoms with Gasteiger partial charge in [0.25, 0.3) is 0 Å². The van der Waals surface area contributed by atoms with Crippen molar-refractivity contribution in [2.24, 2.45) is 0 Å². The minimum absolute atomic E-state index is 0.0268. The number of hydrogen-bond acceptors (Lipinski definition) is 13. The molecule has 0 spiro atoms. The minimum atomic E-state index is -2.96. The number of ketones is 3. The summed E-state index contributed by atoms with van der Waals surface area (Å²) >= 11 is 0. The number of carbonyl (C=O) groups is 6. The highest BCUT2D eigenvalue weighted by atomic mass is 16.6. The van der Waals surface area contributed by atoms with Crippen molar-refractivity contribution >= 4 is 35.3 Å². The van der Waals surface area contributed by atoms with Crippen LogP contribution < -0.4 is 14.2 Å². The summed E-state index contributed by atoms with van der Waals surface area (Å²) in [6, 6.07) is 2.81. The van der Waals surface area contributed by atoms with Crippen LogP contribution in [0.1, 0.15) is 87.1 Å². The predicted molar refractivity (Wildman–Crippen MR) is 151 cm³/mol. The molecule has 2 N–H and O–H groups in total. The lowest BCUT2D eigenvalue weighted by molar-refractivity contribution is -0.269. The van der Waals surface area contributed by atoms with Crippen LogP contribution in [-0.2, 0) is 28.6 Å². The van der Waals surface area contributed by atoms with E-state index in [4.69, 9.17) is 28.4 Å². The Bertz CT molecular complexity index is 1660. The monoisotopic (exact) mass is 628 g/mol. The SMILES string of the molecule is COc1ccc(OC)c2c1C(=O)c1c(C)c(OC)c(C(=O)O)c(C3O[C@H](C)[C@H](OC(C)=O)[C@H](OC(C)=O)[C@]3(O)C(C)=O)c1C2=O. The summed E-state index contributed by atoms with van der Waals surface area (Å²) in [5.74, 6) is -6.67. The van der Waals surface area contributed by atoms with Gasteiger partial charge in [-0.05, 0) is 32.9 Å². The van der Waals surface area contributed by atoms with Gasteiger partial charge < -0.3 is 38.6 Å². The van der Waals surface area contributed by atoms with E-state index in [0.29, 0.717) is 0 Å². The summed E-state index contributed by atoms with van der Waals surface area (Å²) in [7, 11) is 3.69. The first-order valence-electron chi connectivity index (χ1n) is 13.6. The summed E-state index contributed by atoms with van der Waals surface area (Å²) in [6.45, 7) is 5.69. The van der Waals surface area contributed by atoms with Crippen molar-refractivity contribution in [3.05, 3.63) is 51.1 Å². The number of aliphatic hydroxyl groups is 1.